The number of rotatable bonds is 4. The van der Waals surface area contributed by atoms with Crippen LogP contribution in [0, 0.1) is 11.7 Å². The third-order valence-electron chi connectivity index (χ3n) is 6.82. The Kier molecular flexibility index (Phi) is 5.97. The zero-order valence-corrected chi connectivity index (χ0v) is 19.6. The number of para-hydroxylation sites is 1. The van der Waals surface area contributed by atoms with Crippen LogP contribution in [0.2, 0.25) is 0 Å². The number of piperidine rings is 1. The van der Waals surface area contributed by atoms with Crippen molar-refractivity contribution in [2.75, 3.05) is 49.1 Å². The Morgan fingerprint density at radius 3 is 2.30 bits per heavy atom. The maximum atomic E-state index is 14.1. The Bertz CT molecular complexity index is 1250. The van der Waals surface area contributed by atoms with Crippen LogP contribution in [0.3, 0.4) is 0 Å². The second-order valence-corrected chi connectivity index (χ2v) is 11.0. The second-order valence-electron chi connectivity index (χ2n) is 9.04. The zero-order valence-electron chi connectivity index (χ0n) is 18.8. The van der Waals surface area contributed by atoms with Gasteiger partial charge in [0.1, 0.15) is 11.6 Å². The Morgan fingerprint density at radius 1 is 0.879 bits per heavy atom. The first-order valence-corrected chi connectivity index (χ1v) is 13.0. The largest absolute Gasteiger partial charge is 0.366 e. The van der Waals surface area contributed by atoms with E-state index >= 15 is 0 Å². The Balaban J connectivity index is 1.31. The molecule has 33 heavy (non-hydrogen) atoms. The molecule has 3 heterocycles. The van der Waals surface area contributed by atoms with Crippen LogP contribution >= 0.6 is 0 Å². The first-order valence-electron chi connectivity index (χ1n) is 11.6. The molecule has 174 valence electrons. The lowest BCUT2D eigenvalue weighted by molar-refractivity contribution is 0.288. The average Bonchev–Trinajstić information content (AvgIpc) is 2.84. The molecular formula is C25H29FN4O2S. The van der Waals surface area contributed by atoms with Crippen molar-refractivity contribution >= 4 is 32.4 Å². The van der Waals surface area contributed by atoms with Crippen LogP contribution in [0.25, 0.3) is 10.9 Å². The van der Waals surface area contributed by atoms with Crippen molar-refractivity contribution in [3.8, 4) is 0 Å². The first kappa shape index (κ1) is 22.1. The van der Waals surface area contributed by atoms with Crippen LogP contribution in [0.4, 0.5) is 15.9 Å². The molecule has 0 amide bonds. The van der Waals surface area contributed by atoms with E-state index in [2.05, 4.69) is 16.7 Å². The second kappa shape index (κ2) is 8.91. The summed E-state index contributed by atoms with van der Waals surface area (Å²) in [6.07, 6.45) is 1.81. The molecule has 0 aliphatic carbocycles. The molecule has 0 radical (unpaired) electrons. The molecule has 5 rings (SSSR count). The summed E-state index contributed by atoms with van der Waals surface area (Å²) in [5, 5.41) is 0.815. The molecule has 6 nitrogen and oxygen atoms in total. The highest BCUT2D eigenvalue weighted by Crippen LogP contribution is 2.27. The van der Waals surface area contributed by atoms with E-state index in [1.165, 1.54) is 6.07 Å². The lowest BCUT2D eigenvalue weighted by atomic mass is 10.0. The van der Waals surface area contributed by atoms with Gasteiger partial charge in [-0.3, -0.25) is 0 Å². The van der Waals surface area contributed by atoms with Crippen molar-refractivity contribution in [1.82, 2.24) is 9.29 Å². The summed E-state index contributed by atoms with van der Waals surface area (Å²) in [5.74, 6) is 1.24. The molecule has 2 saturated heterocycles. The number of nitrogens with zero attached hydrogens (tertiary/aromatic N) is 4. The van der Waals surface area contributed by atoms with E-state index < -0.39 is 10.0 Å². The minimum absolute atomic E-state index is 0.195. The summed E-state index contributed by atoms with van der Waals surface area (Å²) in [7, 11) is -3.48. The predicted molar refractivity (Wildman–Crippen MR) is 130 cm³/mol. The predicted octanol–water partition coefficient (Wildman–Crippen LogP) is 4.12. The third kappa shape index (κ3) is 4.42. The van der Waals surface area contributed by atoms with Crippen LogP contribution in [0.1, 0.15) is 19.8 Å². The number of hydrogen-bond acceptors (Lipinski definition) is 5. The topological polar surface area (TPSA) is 56.8 Å². The van der Waals surface area contributed by atoms with E-state index in [0.29, 0.717) is 42.7 Å². The third-order valence-corrected chi connectivity index (χ3v) is 8.72. The van der Waals surface area contributed by atoms with Gasteiger partial charge in [-0.25, -0.2) is 17.8 Å². The molecule has 0 unspecified atom stereocenters. The lowest BCUT2D eigenvalue weighted by Crippen LogP contribution is -2.47. The number of benzene rings is 2. The lowest BCUT2D eigenvalue weighted by Gasteiger charge is -2.36. The van der Waals surface area contributed by atoms with Crippen molar-refractivity contribution in [1.29, 1.82) is 0 Å². The highest BCUT2D eigenvalue weighted by atomic mass is 32.2. The standard InChI is InChI=1S/C25H29FN4O2S/c1-19-10-12-30(13-11-19)33(31,32)21-7-8-23-20(18-21)6-9-25(27-23)29-16-14-28(15-17-29)24-5-3-2-4-22(24)26/h2-9,18-19H,10-17H2,1H3. The maximum Gasteiger partial charge on any atom is 0.243 e. The molecular weight excluding hydrogens is 439 g/mol. The number of halogens is 1. The van der Waals surface area contributed by atoms with E-state index in [4.69, 9.17) is 4.98 Å². The van der Waals surface area contributed by atoms with Crippen LogP contribution in [0.15, 0.2) is 59.5 Å². The number of anilines is 2. The van der Waals surface area contributed by atoms with E-state index in [-0.39, 0.29) is 5.82 Å². The molecule has 0 spiro atoms. The summed E-state index contributed by atoms with van der Waals surface area (Å²) < 4.78 is 41.9. The molecule has 2 fully saturated rings. The zero-order chi connectivity index (χ0) is 23.0. The van der Waals surface area contributed by atoms with Crippen LogP contribution in [-0.2, 0) is 10.0 Å². The number of aromatic nitrogens is 1. The van der Waals surface area contributed by atoms with Gasteiger partial charge in [0.15, 0.2) is 0 Å². The number of piperazine rings is 1. The fraction of sp³-hybridized carbons (Fsp3) is 0.400. The summed E-state index contributed by atoms with van der Waals surface area (Å²) in [6, 6.07) is 16.0. The van der Waals surface area contributed by atoms with Gasteiger partial charge >= 0.3 is 0 Å². The van der Waals surface area contributed by atoms with E-state index in [1.807, 2.05) is 24.3 Å². The number of hydrogen-bond donors (Lipinski definition) is 0. The quantitative estimate of drug-likeness (QED) is 0.577. The summed E-state index contributed by atoms with van der Waals surface area (Å²) in [6.45, 7) is 6.25. The van der Waals surface area contributed by atoms with Gasteiger partial charge in [0.05, 0.1) is 16.1 Å². The highest BCUT2D eigenvalue weighted by Gasteiger charge is 2.28. The van der Waals surface area contributed by atoms with Gasteiger partial charge in [0.25, 0.3) is 0 Å². The van der Waals surface area contributed by atoms with Crippen molar-refractivity contribution in [3.63, 3.8) is 0 Å². The van der Waals surface area contributed by atoms with Crippen LogP contribution < -0.4 is 9.80 Å². The molecule has 0 bridgehead atoms. The van der Waals surface area contributed by atoms with Gasteiger partial charge in [-0.2, -0.15) is 4.31 Å². The summed E-state index contributed by atoms with van der Waals surface area (Å²) >= 11 is 0. The molecule has 3 aromatic rings. The number of fused-ring (bicyclic) bond motifs is 1. The Labute approximate surface area is 194 Å². The molecule has 2 aromatic carbocycles. The number of pyridine rings is 1. The molecule has 1 aromatic heterocycles. The summed E-state index contributed by atoms with van der Waals surface area (Å²) in [4.78, 5) is 9.37. The van der Waals surface area contributed by atoms with Crippen molar-refractivity contribution in [3.05, 3.63) is 60.4 Å². The molecule has 8 heteroatoms. The van der Waals surface area contributed by atoms with Gasteiger partial charge in [-0.05, 0) is 61.2 Å². The number of sulfonamides is 1. The SMILES string of the molecule is CC1CCN(S(=O)(=O)c2ccc3nc(N4CCN(c5ccccc5F)CC4)ccc3c2)CC1. The first-order chi connectivity index (χ1) is 15.9. The normalized spacial score (nSPS) is 18.7. The average molecular weight is 469 g/mol. The van der Waals surface area contributed by atoms with Crippen LogP contribution in [0.5, 0.6) is 0 Å². The van der Waals surface area contributed by atoms with Gasteiger partial charge in [-0.1, -0.05) is 19.1 Å². The van der Waals surface area contributed by atoms with Gasteiger partial charge in [0, 0.05) is 44.7 Å². The monoisotopic (exact) mass is 468 g/mol. The molecule has 0 saturated carbocycles. The minimum Gasteiger partial charge on any atom is -0.366 e. The molecule has 0 atom stereocenters. The smallest absolute Gasteiger partial charge is 0.243 e. The molecule has 2 aliphatic rings. The van der Waals surface area contributed by atoms with Gasteiger partial charge in [0.2, 0.25) is 10.0 Å². The van der Waals surface area contributed by atoms with E-state index in [0.717, 1.165) is 42.7 Å². The fourth-order valence-electron chi connectivity index (χ4n) is 4.69. The maximum absolute atomic E-state index is 14.1. The van der Waals surface area contributed by atoms with Gasteiger partial charge < -0.3 is 9.80 Å². The van der Waals surface area contributed by atoms with Crippen molar-refractivity contribution in [2.45, 2.75) is 24.7 Å². The van der Waals surface area contributed by atoms with Gasteiger partial charge in [-0.15, -0.1) is 0 Å². The highest BCUT2D eigenvalue weighted by molar-refractivity contribution is 7.89. The molecule has 0 N–H and O–H groups in total. The molecule has 2 aliphatic heterocycles. The fourth-order valence-corrected chi connectivity index (χ4v) is 6.19. The van der Waals surface area contributed by atoms with E-state index in [9.17, 15) is 12.8 Å². The minimum atomic E-state index is -3.48. The Hall–Kier alpha value is -2.71. The summed E-state index contributed by atoms with van der Waals surface area (Å²) in [5.41, 5.74) is 1.41. The van der Waals surface area contributed by atoms with E-state index in [1.54, 1.807) is 28.6 Å². The van der Waals surface area contributed by atoms with Crippen LogP contribution in [-0.4, -0.2) is 57.0 Å². The van der Waals surface area contributed by atoms with Crippen molar-refractivity contribution < 1.29 is 12.8 Å². The Morgan fingerprint density at radius 2 is 1.58 bits per heavy atom. The van der Waals surface area contributed by atoms with Crippen molar-refractivity contribution in [2.24, 2.45) is 5.92 Å².